The van der Waals surface area contributed by atoms with Crippen LogP contribution in [-0.4, -0.2) is 36.3 Å². The number of carbonyl (C=O) groups is 1. The molecule has 6 nitrogen and oxygen atoms in total. The predicted molar refractivity (Wildman–Crippen MR) is 95.1 cm³/mol. The Bertz CT molecular complexity index is 759. The lowest BCUT2D eigenvalue weighted by molar-refractivity contribution is -0.125. The molecular formula is C20H22N2O4. The normalized spacial score (nSPS) is 20.7. The molecule has 3 heterocycles. The van der Waals surface area contributed by atoms with E-state index in [-0.39, 0.29) is 24.2 Å². The number of ether oxygens (including phenoxy) is 3. The topological polar surface area (TPSA) is 69.7 Å². The molecule has 4 rings (SSSR count). The van der Waals surface area contributed by atoms with Crippen LogP contribution >= 0.6 is 0 Å². The average Bonchev–Trinajstić information content (AvgIpc) is 2.68. The van der Waals surface area contributed by atoms with E-state index in [9.17, 15) is 4.79 Å². The fourth-order valence-electron chi connectivity index (χ4n) is 3.61. The van der Waals surface area contributed by atoms with Gasteiger partial charge in [-0.15, -0.1) is 0 Å². The Morgan fingerprint density at radius 1 is 1.23 bits per heavy atom. The number of para-hydroxylation sites is 1. The van der Waals surface area contributed by atoms with Gasteiger partial charge in [-0.1, -0.05) is 18.2 Å². The molecule has 0 radical (unpaired) electrons. The summed E-state index contributed by atoms with van der Waals surface area (Å²) in [5, 5.41) is 3.11. The van der Waals surface area contributed by atoms with Crippen LogP contribution in [-0.2, 0) is 9.53 Å². The number of hydrogen-bond acceptors (Lipinski definition) is 5. The van der Waals surface area contributed by atoms with Crippen molar-refractivity contribution in [3.05, 3.63) is 54.4 Å². The van der Waals surface area contributed by atoms with E-state index in [2.05, 4.69) is 10.3 Å². The number of benzene rings is 1. The van der Waals surface area contributed by atoms with Gasteiger partial charge in [0.25, 0.3) is 5.91 Å². The van der Waals surface area contributed by atoms with Crippen molar-refractivity contribution in [3.63, 3.8) is 0 Å². The van der Waals surface area contributed by atoms with Gasteiger partial charge in [0.05, 0.1) is 25.5 Å². The van der Waals surface area contributed by atoms with Crippen LogP contribution in [0.2, 0.25) is 0 Å². The Morgan fingerprint density at radius 3 is 2.88 bits per heavy atom. The highest BCUT2D eigenvalue weighted by Gasteiger charge is 2.42. The van der Waals surface area contributed by atoms with Gasteiger partial charge in [0.1, 0.15) is 17.1 Å². The highest BCUT2D eigenvalue weighted by atomic mass is 16.5. The van der Waals surface area contributed by atoms with E-state index in [1.807, 2.05) is 24.3 Å². The van der Waals surface area contributed by atoms with Crippen molar-refractivity contribution in [2.24, 2.45) is 0 Å². The van der Waals surface area contributed by atoms with Crippen molar-refractivity contribution < 1.29 is 19.0 Å². The lowest BCUT2D eigenvalue weighted by atomic mass is 9.82. The largest absolute Gasteiger partial charge is 0.487 e. The molecule has 0 aliphatic carbocycles. The molecule has 1 atom stereocenters. The fourth-order valence-corrected chi connectivity index (χ4v) is 3.61. The van der Waals surface area contributed by atoms with E-state index < -0.39 is 0 Å². The lowest BCUT2D eigenvalue weighted by Crippen LogP contribution is -2.49. The standard InChI is InChI=1S/C20H22N2O4/c23-19(14-25-15-4-3-9-21-13-15)22-17-12-20(7-10-24-11-8-20)26-18-6-2-1-5-16(17)18/h1-6,9,13,17H,7-8,10-12,14H2,(H,22,23). The van der Waals surface area contributed by atoms with Crippen LogP contribution < -0.4 is 14.8 Å². The smallest absolute Gasteiger partial charge is 0.258 e. The van der Waals surface area contributed by atoms with Crippen molar-refractivity contribution in [2.75, 3.05) is 19.8 Å². The molecule has 1 aromatic carbocycles. The molecule has 2 aliphatic rings. The van der Waals surface area contributed by atoms with Crippen LogP contribution in [0.25, 0.3) is 0 Å². The lowest BCUT2D eigenvalue weighted by Gasteiger charge is -2.44. The molecular weight excluding hydrogens is 332 g/mol. The van der Waals surface area contributed by atoms with Crippen molar-refractivity contribution in [1.29, 1.82) is 0 Å². The summed E-state index contributed by atoms with van der Waals surface area (Å²) in [6, 6.07) is 11.4. The van der Waals surface area contributed by atoms with E-state index >= 15 is 0 Å². The number of nitrogens with one attached hydrogen (secondary N) is 1. The molecule has 1 N–H and O–H groups in total. The second kappa shape index (κ2) is 7.33. The second-order valence-electron chi connectivity index (χ2n) is 6.74. The van der Waals surface area contributed by atoms with Gasteiger partial charge >= 0.3 is 0 Å². The monoisotopic (exact) mass is 354 g/mol. The minimum Gasteiger partial charge on any atom is -0.487 e. The number of aromatic nitrogens is 1. The SMILES string of the molecule is O=C(COc1cccnc1)NC1CC2(CCOCC2)Oc2ccccc21. The molecule has 1 saturated heterocycles. The number of amides is 1. The van der Waals surface area contributed by atoms with Gasteiger partial charge in [-0.05, 0) is 18.2 Å². The fraction of sp³-hybridized carbons (Fsp3) is 0.400. The zero-order chi connectivity index (χ0) is 17.8. The molecule has 1 amide bonds. The maximum absolute atomic E-state index is 12.4. The summed E-state index contributed by atoms with van der Waals surface area (Å²) < 4.78 is 17.3. The van der Waals surface area contributed by atoms with E-state index in [0.29, 0.717) is 19.0 Å². The van der Waals surface area contributed by atoms with Gasteiger partial charge in [0, 0.05) is 31.0 Å². The van der Waals surface area contributed by atoms with Crippen LogP contribution in [0.3, 0.4) is 0 Å². The first-order chi connectivity index (χ1) is 12.7. The summed E-state index contributed by atoms with van der Waals surface area (Å²) >= 11 is 0. The zero-order valence-corrected chi connectivity index (χ0v) is 14.5. The molecule has 6 heteroatoms. The quantitative estimate of drug-likeness (QED) is 0.914. The minimum absolute atomic E-state index is 0.0403. The van der Waals surface area contributed by atoms with Gasteiger partial charge < -0.3 is 19.5 Å². The van der Waals surface area contributed by atoms with Crippen molar-refractivity contribution in [3.8, 4) is 11.5 Å². The van der Waals surface area contributed by atoms with Gasteiger partial charge in [-0.25, -0.2) is 0 Å². The molecule has 0 saturated carbocycles. The molecule has 1 fully saturated rings. The van der Waals surface area contributed by atoms with Crippen molar-refractivity contribution in [2.45, 2.75) is 30.9 Å². The third-order valence-corrected chi connectivity index (χ3v) is 4.94. The first-order valence-electron chi connectivity index (χ1n) is 8.92. The summed E-state index contributed by atoms with van der Waals surface area (Å²) in [6.07, 6.45) is 5.67. The summed E-state index contributed by atoms with van der Waals surface area (Å²) in [7, 11) is 0. The Hall–Kier alpha value is -2.60. The Labute approximate surface area is 152 Å². The van der Waals surface area contributed by atoms with Crippen LogP contribution in [0, 0.1) is 0 Å². The summed E-state index contributed by atoms with van der Waals surface area (Å²) in [5.41, 5.74) is 0.744. The maximum atomic E-state index is 12.4. The van der Waals surface area contributed by atoms with Crippen LogP contribution in [0.1, 0.15) is 30.9 Å². The Morgan fingerprint density at radius 2 is 2.08 bits per heavy atom. The first kappa shape index (κ1) is 16.8. The molecule has 26 heavy (non-hydrogen) atoms. The van der Waals surface area contributed by atoms with Crippen LogP contribution in [0.4, 0.5) is 0 Å². The number of carbonyl (C=O) groups excluding carboxylic acids is 1. The first-order valence-corrected chi connectivity index (χ1v) is 8.92. The third kappa shape index (κ3) is 3.65. The number of hydrogen-bond donors (Lipinski definition) is 1. The van der Waals surface area contributed by atoms with Crippen LogP contribution in [0.5, 0.6) is 11.5 Å². The molecule has 0 bridgehead atoms. The highest BCUT2D eigenvalue weighted by molar-refractivity contribution is 5.78. The van der Waals surface area contributed by atoms with Gasteiger partial charge in [-0.2, -0.15) is 0 Å². The van der Waals surface area contributed by atoms with E-state index in [1.165, 1.54) is 0 Å². The van der Waals surface area contributed by atoms with Crippen LogP contribution in [0.15, 0.2) is 48.8 Å². The zero-order valence-electron chi connectivity index (χ0n) is 14.5. The van der Waals surface area contributed by atoms with E-state index in [4.69, 9.17) is 14.2 Å². The van der Waals surface area contributed by atoms with Gasteiger partial charge in [0.2, 0.25) is 0 Å². The number of fused-ring (bicyclic) bond motifs is 1. The third-order valence-electron chi connectivity index (χ3n) is 4.94. The summed E-state index contributed by atoms with van der Waals surface area (Å²) in [4.78, 5) is 16.4. The van der Waals surface area contributed by atoms with Gasteiger partial charge in [0.15, 0.2) is 6.61 Å². The Kier molecular flexibility index (Phi) is 4.75. The van der Waals surface area contributed by atoms with E-state index in [0.717, 1.165) is 30.6 Å². The molecule has 1 aromatic heterocycles. The van der Waals surface area contributed by atoms with Gasteiger partial charge in [-0.3, -0.25) is 9.78 Å². The summed E-state index contributed by atoms with van der Waals surface area (Å²) in [5.74, 6) is 1.27. The van der Waals surface area contributed by atoms with Crippen molar-refractivity contribution in [1.82, 2.24) is 10.3 Å². The molecule has 1 spiro atoms. The van der Waals surface area contributed by atoms with E-state index in [1.54, 1.807) is 24.5 Å². The highest BCUT2D eigenvalue weighted by Crippen LogP contribution is 2.43. The molecule has 2 aromatic rings. The molecule has 136 valence electrons. The number of rotatable bonds is 4. The van der Waals surface area contributed by atoms with Crippen molar-refractivity contribution >= 4 is 5.91 Å². The number of pyridine rings is 1. The summed E-state index contributed by atoms with van der Waals surface area (Å²) in [6.45, 7) is 1.33. The second-order valence-corrected chi connectivity index (χ2v) is 6.74. The maximum Gasteiger partial charge on any atom is 0.258 e. The molecule has 2 aliphatic heterocycles. The Balaban J connectivity index is 1.46. The number of nitrogens with zero attached hydrogens (tertiary/aromatic N) is 1. The molecule has 1 unspecified atom stereocenters. The minimum atomic E-state index is -0.269. The predicted octanol–water partition coefficient (Wildman–Crippen LogP) is 2.65. The average molecular weight is 354 g/mol.